The van der Waals surface area contributed by atoms with Crippen molar-refractivity contribution in [3.05, 3.63) is 28.3 Å². The third kappa shape index (κ3) is 1.84. The highest BCUT2D eigenvalue weighted by Gasteiger charge is 2.17. The molecule has 2 heterocycles. The Balaban J connectivity index is 2.09. The Morgan fingerprint density at radius 2 is 2.12 bits per heavy atom. The summed E-state index contributed by atoms with van der Waals surface area (Å²) in [4.78, 5) is 12.1. The Morgan fingerprint density at radius 3 is 2.94 bits per heavy atom. The summed E-state index contributed by atoms with van der Waals surface area (Å²) in [5.41, 5.74) is 10.0. The number of nitrogens with two attached hydrogens (primary N) is 1. The number of aryl methyl sites for hydroxylation is 2. The number of H-pyrrole nitrogens is 1. The van der Waals surface area contributed by atoms with Crippen LogP contribution in [-0.2, 0) is 12.8 Å². The van der Waals surface area contributed by atoms with Crippen LogP contribution in [0.5, 0.6) is 0 Å². The van der Waals surface area contributed by atoms with E-state index in [-0.39, 0.29) is 0 Å². The molecule has 5 heteroatoms. The molecule has 17 heavy (non-hydrogen) atoms. The maximum Gasteiger partial charge on any atom is 0.140 e. The lowest BCUT2D eigenvalue weighted by molar-refractivity contribution is 0.667. The first-order valence-electron chi connectivity index (χ1n) is 5.74. The summed E-state index contributed by atoms with van der Waals surface area (Å²) in [7, 11) is 0. The first-order chi connectivity index (χ1) is 8.25. The van der Waals surface area contributed by atoms with Gasteiger partial charge in [0.1, 0.15) is 10.4 Å². The van der Waals surface area contributed by atoms with E-state index < -0.39 is 0 Å². The molecule has 0 amide bonds. The highest BCUT2D eigenvalue weighted by Crippen LogP contribution is 2.30. The van der Waals surface area contributed by atoms with Gasteiger partial charge in [-0.05, 0) is 47.7 Å². The lowest BCUT2D eigenvalue weighted by Crippen LogP contribution is -2.00. The Bertz CT molecular complexity index is 538. The van der Waals surface area contributed by atoms with E-state index in [9.17, 15) is 0 Å². The molecule has 0 saturated carbocycles. The molecular weight excluding hydrogens is 280 g/mol. The average Bonchev–Trinajstić information content (AvgIpc) is 2.76. The second-order valence-electron chi connectivity index (χ2n) is 4.28. The van der Waals surface area contributed by atoms with Gasteiger partial charge in [-0.25, -0.2) is 9.97 Å². The third-order valence-electron chi connectivity index (χ3n) is 3.15. The smallest absolute Gasteiger partial charge is 0.140 e. The van der Waals surface area contributed by atoms with Gasteiger partial charge >= 0.3 is 0 Å². The minimum atomic E-state index is 0.638. The van der Waals surface area contributed by atoms with E-state index in [0.29, 0.717) is 10.3 Å². The number of anilines is 1. The molecule has 1 aliphatic carbocycles. The standard InChI is InChI=1S/C12H13BrN4/c13-11-10(14)7(5-6-15-11)12-16-8-3-1-2-4-9(8)17-12/h5-6H,1-4,14H2,(H,16,17). The van der Waals surface area contributed by atoms with E-state index >= 15 is 0 Å². The fourth-order valence-corrected chi connectivity index (χ4v) is 2.57. The zero-order valence-electron chi connectivity index (χ0n) is 9.33. The van der Waals surface area contributed by atoms with Crippen LogP contribution in [-0.4, -0.2) is 15.0 Å². The molecule has 2 aromatic heterocycles. The summed E-state index contributed by atoms with van der Waals surface area (Å²) in [6.45, 7) is 0. The predicted octanol–water partition coefficient (Wildman–Crippen LogP) is 2.70. The van der Waals surface area contributed by atoms with E-state index in [2.05, 4.69) is 30.9 Å². The molecule has 0 aromatic carbocycles. The molecule has 0 aliphatic heterocycles. The van der Waals surface area contributed by atoms with Gasteiger partial charge in [0.25, 0.3) is 0 Å². The molecule has 0 saturated heterocycles. The van der Waals surface area contributed by atoms with Gasteiger partial charge in [0, 0.05) is 17.5 Å². The van der Waals surface area contributed by atoms with Gasteiger partial charge in [-0.15, -0.1) is 0 Å². The number of hydrogen-bond donors (Lipinski definition) is 2. The van der Waals surface area contributed by atoms with Crippen molar-refractivity contribution < 1.29 is 0 Å². The first-order valence-corrected chi connectivity index (χ1v) is 6.53. The molecule has 4 nitrogen and oxygen atoms in total. The van der Waals surface area contributed by atoms with Gasteiger partial charge < -0.3 is 10.7 Å². The van der Waals surface area contributed by atoms with Crippen LogP contribution in [0.15, 0.2) is 16.9 Å². The number of halogens is 1. The number of hydrogen-bond acceptors (Lipinski definition) is 3. The van der Waals surface area contributed by atoms with Crippen molar-refractivity contribution in [3.63, 3.8) is 0 Å². The van der Waals surface area contributed by atoms with Gasteiger partial charge in [-0.1, -0.05) is 0 Å². The summed E-state index contributed by atoms with van der Waals surface area (Å²) in [5.74, 6) is 0.859. The second kappa shape index (κ2) is 4.14. The van der Waals surface area contributed by atoms with Crippen molar-refractivity contribution in [3.8, 4) is 11.4 Å². The maximum atomic E-state index is 6.00. The van der Waals surface area contributed by atoms with E-state index in [4.69, 9.17) is 5.73 Å². The van der Waals surface area contributed by atoms with Gasteiger partial charge in [-0.2, -0.15) is 0 Å². The molecule has 0 atom stereocenters. The summed E-state index contributed by atoms with van der Waals surface area (Å²) >= 11 is 3.34. The van der Waals surface area contributed by atoms with E-state index in [0.717, 1.165) is 24.2 Å². The number of pyridine rings is 1. The molecule has 2 aromatic rings. The fraction of sp³-hybridized carbons (Fsp3) is 0.333. The lowest BCUT2D eigenvalue weighted by Gasteiger charge is -2.07. The number of fused-ring (bicyclic) bond motifs is 1. The molecule has 88 valence electrons. The fourth-order valence-electron chi connectivity index (χ4n) is 2.24. The number of aromatic amines is 1. The molecule has 0 spiro atoms. The molecule has 1 aliphatic rings. The van der Waals surface area contributed by atoms with Crippen molar-refractivity contribution in [2.45, 2.75) is 25.7 Å². The monoisotopic (exact) mass is 292 g/mol. The summed E-state index contributed by atoms with van der Waals surface area (Å²) in [6.07, 6.45) is 6.36. The Hall–Kier alpha value is -1.36. The van der Waals surface area contributed by atoms with E-state index in [1.54, 1.807) is 6.20 Å². The van der Waals surface area contributed by atoms with Gasteiger partial charge in [0.05, 0.1) is 11.4 Å². The summed E-state index contributed by atoms with van der Waals surface area (Å²) < 4.78 is 0.671. The van der Waals surface area contributed by atoms with Crippen LogP contribution in [0, 0.1) is 0 Å². The maximum absolute atomic E-state index is 6.00. The SMILES string of the molecule is Nc1c(-c2nc3c([nH]2)CCCC3)ccnc1Br. The molecule has 3 N–H and O–H groups in total. The van der Waals surface area contributed by atoms with E-state index in [1.807, 2.05) is 6.07 Å². The van der Waals surface area contributed by atoms with Gasteiger partial charge in [0.15, 0.2) is 0 Å². The highest BCUT2D eigenvalue weighted by atomic mass is 79.9. The number of rotatable bonds is 1. The Morgan fingerprint density at radius 1 is 1.29 bits per heavy atom. The van der Waals surface area contributed by atoms with Crippen molar-refractivity contribution >= 4 is 21.6 Å². The van der Waals surface area contributed by atoms with Crippen LogP contribution in [0.25, 0.3) is 11.4 Å². The molecular formula is C12H13BrN4. The molecule has 0 unspecified atom stereocenters. The first kappa shape index (κ1) is 10.8. The highest BCUT2D eigenvalue weighted by molar-refractivity contribution is 9.10. The number of nitrogens with one attached hydrogen (secondary N) is 1. The molecule has 3 rings (SSSR count). The van der Waals surface area contributed by atoms with Crippen LogP contribution in [0.4, 0.5) is 5.69 Å². The number of imidazole rings is 1. The third-order valence-corrected chi connectivity index (χ3v) is 3.78. The molecule has 0 bridgehead atoms. The number of nitrogens with zero attached hydrogens (tertiary/aromatic N) is 2. The normalized spacial score (nSPS) is 14.6. The van der Waals surface area contributed by atoms with E-state index in [1.165, 1.54) is 24.2 Å². The van der Waals surface area contributed by atoms with Crippen LogP contribution in [0.3, 0.4) is 0 Å². The Labute approximate surface area is 108 Å². The largest absolute Gasteiger partial charge is 0.396 e. The minimum Gasteiger partial charge on any atom is -0.396 e. The Kier molecular flexibility index (Phi) is 2.63. The predicted molar refractivity (Wildman–Crippen MR) is 70.6 cm³/mol. The summed E-state index contributed by atoms with van der Waals surface area (Å²) in [5, 5.41) is 0. The van der Waals surface area contributed by atoms with Crippen molar-refractivity contribution in [2.24, 2.45) is 0 Å². The van der Waals surface area contributed by atoms with Crippen LogP contribution in [0.1, 0.15) is 24.2 Å². The molecule has 0 fully saturated rings. The second-order valence-corrected chi connectivity index (χ2v) is 5.03. The van der Waals surface area contributed by atoms with Crippen LogP contribution in [0.2, 0.25) is 0 Å². The van der Waals surface area contributed by atoms with Gasteiger partial charge in [-0.3, -0.25) is 0 Å². The van der Waals surface area contributed by atoms with Gasteiger partial charge in [0.2, 0.25) is 0 Å². The zero-order chi connectivity index (χ0) is 11.8. The average molecular weight is 293 g/mol. The number of nitrogen functional groups attached to an aromatic ring is 1. The number of aromatic nitrogens is 3. The van der Waals surface area contributed by atoms with Crippen molar-refractivity contribution in [1.82, 2.24) is 15.0 Å². The summed E-state index contributed by atoms with van der Waals surface area (Å²) in [6, 6.07) is 1.89. The molecule has 0 radical (unpaired) electrons. The van der Waals surface area contributed by atoms with Crippen molar-refractivity contribution in [1.29, 1.82) is 0 Å². The van der Waals surface area contributed by atoms with Crippen molar-refractivity contribution in [2.75, 3.05) is 5.73 Å². The quantitative estimate of drug-likeness (QED) is 0.794. The van der Waals surface area contributed by atoms with Crippen LogP contribution >= 0.6 is 15.9 Å². The topological polar surface area (TPSA) is 67.6 Å². The lowest BCUT2D eigenvalue weighted by atomic mass is 10.0. The van der Waals surface area contributed by atoms with Crippen LogP contribution < -0.4 is 5.73 Å². The minimum absolute atomic E-state index is 0.638. The zero-order valence-corrected chi connectivity index (χ0v) is 10.9.